The van der Waals surface area contributed by atoms with Crippen LogP contribution in [0.5, 0.6) is 0 Å². The van der Waals surface area contributed by atoms with Crippen LogP contribution in [0.15, 0.2) is 24.5 Å². The van der Waals surface area contributed by atoms with Crippen molar-refractivity contribution in [2.24, 2.45) is 0 Å². The molecule has 1 saturated carbocycles. The predicted octanol–water partition coefficient (Wildman–Crippen LogP) is 1.43. The minimum atomic E-state index is -0.915. The molecule has 10 nitrogen and oxygen atoms in total. The Morgan fingerprint density at radius 3 is 2.61 bits per heavy atom. The smallest absolute Gasteiger partial charge is 0.256 e. The van der Waals surface area contributed by atoms with Crippen LogP contribution in [0.4, 0.5) is 23.3 Å². The van der Waals surface area contributed by atoms with Crippen LogP contribution >= 0.6 is 0 Å². The number of hydrogen-bond donors (Lipinski definition) is 3. The number of fused-ring (bicyclic) bond motifs is 1. The number of carbonyl (C=O) groups excluding carboxylic acids is 2. The molecule has 2 aromatic heterocycles. The van der Waals surface area contributed by atoms with E-state index in [2.05, 4.69) is 35.8 Å². The van der Waals surface area contributed by atoms with Gasteiger partial charge < -0.3 is 20.9 Å². The Kier molecular flexibility index (Phi) is 4.90. The number of anilines is 4. The van der Waals surface area contributed by atoms with Gasteiger partial charge in [0.15, 0.2) is 0 Å². The van der Waals surface area contributed by atoms with E-state index in [1.807, 2.05) is 12.1 Å². The van der Waals surface area contributed by atoms with Crippen molar-refractivity contribution in [1.82, 2.24) is 25.2 Å². The minimum Gasteiger partial charge on any atom is -0.355 e. The zero-order chi connectivity index (χ0) is 22.4. The number of amides is 2. The van der Waals surface area contributed by atoms with Gasteiger partial charge in [0.2, 0.25) is 11.9 Å². The maximum absolute atomic E-state index is 13.3. The van der Waals surface area contributed by atoms with Gasteiger partial charge in [-0.2, -0.15) is 4.98 Å². The van der Waals surface area contributed by atoms with Crippen molar-refractivity contribution in [3.63, 3.8) is 0 Å². The number of nitrogens with zero attached hydrogens (tertiary/aromatic N) is 5. The molecule has 5 heterocycles. The Hall–Kier alpha value is -3.27. The summed E-state index contributed by atoms with van der Waals surface area (Å²) in [5, 5.41) is 9.83. The molecule has 10 heteroatoms. The normalized spacial score (nSPS) is 25.1. The molecule has 2 amide bonds. The number of rotatable bonds is 4. The van der Waals surface area contributed by atoms with E-state index in [4.69, 9.17) is 0 Å². The van der Waals surface area contributed by atoms with Crippen molar-refractivity contribution < 1.29 is 9.59 Å². The molecule has 2 saturated heterocycles. The maximum Gasteiger partial charge on any atom is 0.256 e. The van der Waals surface area contributed by atoms with E-state index in [1.165, 1.54) is 4.90 Å². The summed E-state index contributed by atoms with van der Waals surface area (Å²) in [4.78, 5) is 43.4. The quantitative estimate of drug-likeness (QED) is 0.598. The first-order chi connectivity index (χ1) is 16.1. The van der Waals surface area contributed by atoms with E-state index in [0.29, 0.717) is 18.2 Å². The summed E-state index contributed by atoms with van der Waals surface area (Å²) in [7, 11) is 0. The summed E-state index contributed by atoms with van der Waals surface area (Å²) in [5.41, 5.74) is 0.741. The van der Waals surface area contributed by atoms with E-state index in [0.717, 1.165) is 68.9 Å². The maximum atomic E-state index is 13.3. The first-order valence-electron chi connectivity index (χ1n) is 11.8. The van der Waals surface area contributed by atoms with E-state index >= 15 is 0 Å². The largest absolute Gasteiger partial charge is 0.355 e. The van der Waals surface area contributed by atoms with E-state index in [1.54, 1.807) is 12.4 Å². The van der Waals surface area contributed by atoms with Crippen molar-refractivity contribution in [1.29, 1.82) is 0 Å². The lowest BCUT2D eigenvalue weighted by molar-refractivity contribution is -0.142. The van der Waals surface area contributed by atoms with Crippen LogP contribution in [-0.2, 0) is 16.0 Å². The molecule has 0 radical (unpaired) electrons. The third kappa shape index (κ3) is 3.58. The highest BCUT2D eigenvalue weighted by Gasteiger charge is 2.56. The van der Waals surface area contributed by atoms with Gasteiger partial charge in [0.1, 0.15) is 17.2 Å². The average molecular weight is 449 g/mol. The van der Waals surface area contributed by atoms with Crippen LogP contribution in [0, 0.1) is 0 Å². The molecule has 2 aromatic rings. The Balaban J connectivity index is 1.16. The summed E-state index contributed by atoms with van der Waals surface area (Å²) in [6.45, 7) is 3.82. The number of imide groups is 1. The number of nitrogens with one attached hydrogen (secondary N) is 3. The van der Waals surface area contributed by atoms with Gasteiger partial charge in [0.25, 0.3) is 5.91 Å². The summed E-state index contributed by atoms with van der Waals surface area (Å²) < 4.78 is 0. The van der Waals surface area contributed by atoms with E-state index in [-0.39, 0.29) is 24.3 Å². The number of aromatic nitrogens is 3. The molecule has 0 aromatic carbocycles. The second-order valence-corrected chi connectivity index (χ2v) is 9.40. The molecule has 6 rings (SSSR count). The van der Waals surface area contributed by atoms with Crippen molar-refractivity contribution in [2.75, 3.05) is 41.7 Å². The third-order valence-corrected chi connectivity index (χ3v) is 7.20. The van der Waals surface area contributed by atoms with Gasteiger partial charge in [-0.15, -0.1) is 0 Å². The number of piperazine rings is 1. The van der Waals surface area contributed by atoms with Crippen molar-refractivity contribution in [2.45, 2.75) is 50.1 Å². The fourth-order valence-corrected chi connectivity index (χ4v) is 5.50. The molecule has 3 aliphatic heterocycles. The Morgan fingerprint density at radius 1 is 1.03 bits per heavy atom. The predicted molar refractivity (Wildman–Crippen MR) is 123 cm³/mol. The van der Waals surface area contributed by atoms with Gasteiger partial charge in [-0.05, 0) is 25.0 Å². The van der Waals surface area contributed by atoms with Crippen LogP contribution < -0.4 is 20.9 Å². The average Bonchev–Trinajstić information content (AvgIpc) is 3.53. The standard InChI is InChI=1S/C23H28N8O2/c32-19-12-23(21(33)31(19)17-3-1-2-4-17)11-15-13-26-22(28-20(15)29-23)27-16-5-6-18(25-14-16)30-9-7-24-8-10-30/h5-6,13-14,17,24H,1-4,7-12H2,(H2,26,27,28,29). The summed E-state index contributed by atoms with van der Waals surface area (Å²) in [6.07, 6.45) is 8.12. The Morgan fingerprint density at radius 2 is 1.85 bits per heavy atom. The number of carbonyl (C=O) groups is 2. The fourth-order valence-electron chi connectivity index (χ4n) is 5.50. The zero-order valence-corrected chi connectivity index (χ0v) is 18.5. The van der Waals surface area contributed by atoms with Crippen LogP contribution in [0.25, 0.3) is 0 Å². The molecule has 3 N–H and O–H groups in total. The summed E-state index contributed by atoms with van der Waals surface area (Å²) in [6, 6.07) is 4.01. The monoisotopic (exact) mass is 448 g/mol. The highest BCUT2D eigenvalue weighted by atomic mass is 16.2. The lowest BCUT2D eigenvalue weighted by Gasteiger charge is -2.28. The highest BCUT2D eigenvalue weighted by Crippen LogP contribution is 2.41. The van der Waals surface area contributed by atoms with Crippen LogP contribution in [0.2, 0.25) is 0 Å². The van der Waals surface area contributed by atoms with Gasteiger partial charge in [0.05, 0.1) is 18.3 Å². The molecule has 172 valence electrons. The molecule has 1 aliphatic carbocycles. The van der Waals surface area contributed by atoms with Gasteiger partial charge >= 0.3 is 0 Å². The van der Waals surface area contributed by atoms with Crippen LogP contribution in [0.3, 0.4) is 0 Å². The first kappa shape index (κ1) is 20.3. The fraction of sp³-hybridized carbons (Fsp3) is 0.522. The van der Waals surface area contributed by atoms with Crippen molar-refractivity contribution >= 4 is 35.1 Å². The molecule has 0 bridgehead atoms. The van der Waals surface area contributed by atoms with Gasteiger partial charge in [-0.1, -0.05) is 12.8 Å². The molecule has 3 fully saturated rings. The van der Waals surface area contributed by atoms with E-state index in [9.17, 15) is 9.59 Å². The lowest BCUT2D eigenvalue weighted by atomic mass is 9.94. The van der Waals surface area contributed by atoms with Gasteiger partial charge in [-0.25, -0.2) is 9.97 Å². The van der Waals surface area contributed by atoms with Gasteiger partial charge in [0, 0.05) is 50.4 Å². The minimum absolute atomic E-state index is 0.0508. The topological polar surface area (TPSA) is 115 Å². The van der Waals surface area contributed by atoms with Gasteiger partial charge in [-0.3, -0.25) is 14.5 Å². The first-order valence-corrected chi connectivity index (χ1v) is 11.8. The van der Waals surface area contributed by atoms with Crippen LogP contribution in [-0.4, -0.2) is 69.4 Å². The molecule has 1 unspecified atom stereocenters. The molecular formula is C23H28N8O2. The lowest BCUT2D eigenvalue weighted by Crippen LogP contribution is -2.48. The van der Waals surface area contributed by atoms with E-state index < -0.39 is 5.54 Å². The molecule has 33 heavy (non-hydrogen) atoms. The van der Waals surface area contributed by atoms with Crippen molar-refractivity contribution in [3.05, 3.63) is 30.1 Å². The second-order valence-electron chi connectivity index (χ2n) is 9.40. The molecule has 4 aliphatic rings. The molecular weight excluding hydrogens is 420 g/mol. The Bertz CT molecular complexity index is 1080. The highest BCUT2D eigenvalue weighted by molar-refractivity contribution is 6.11. The third-order valence-electron chi connectivity index (χ3n) is 7.20. The number of likely N-dealkylation sites (tertiary alicyclic amines) is 1. The number of hydrogen-bond acceptors (Lipinski definition) is 9. The second kappa shape index (κ2) is 7.95. The Labute approximate surface area is 192 Å². The number of pyridine rings is 1. The molecule has 1 atom stereocenters. The zero-order valence-electron chi connectivity index (χ0n) is 18.5. The van der Waals surface area contributed by atoms with Crippen molar-refractivity contribution in [3.8, 4) is 0 Å². The SMILES string of the molecule is O=C1CC2(Cc3cnc(Nc4ccc(N5CCNCC5)nc4)nc3N2)C(=O)N1C1CCCC1. The summed E-state index contributed by atoms with van der Waals surface area (Å²) >= 11 is 0. The molecule has 1 spiro atoms. The van der Waals surface area contributed by atoms with Crippen LogP contribution in [0.1, 0.15) is 37.7 Å². The summed E-state index contributed by atoms with van der Waals surface area (Å²) in [5.74, 6) is 1.82.